The summed E-state index contributed by atoms with van der Waals surface area (Å²) in [4.78, 5) is 23.6. The molecule has 0 bridgehead atoms. The number of esters is 1. The first-order chi connectivity index (χ1) is 10.0. The molecular weight excluding hydrogens is 268 g/mol. The highest BCUT2D eigenvalue weighted by Gasteiger charge is 2.11. The molecular formula is C16H16N2O3. The van der Waals surface area contributed by atoms with Crippen molar-refractivity contribution in [1.29, 1.82) is 0 Å². The lowest BCUT2D eigenvalue weighted by atomic mass is 10.1. The molecule has 2 aromatic carbocycles. The lowest BCUT2D eigenvalue weighted by molar-refractivity contribution is 0.0600. The number of nitrogen functional groups attached to an aromatic ring is 1. The van der Waals surface area contributed by atoms with Crippen LogP contribution in [0.5, 0.6) is 0 Å². The Morgan fingerprint density at radius 1 is 1.10 bits per heavy atom. The average Bonchev–Trinajstić information content (AvgIpc) is 2.48. The third-order valence-electron chi connectivity index (χ3n) is 3.04. The van der Waals surface area contributed by atoms with Crippen LogP contribution in [0, 0.1) is 6.92 Å². The van der Waals surface area contributed by atoms with E-state index >= 15 is 0 Å². The summed E-state index contributed by atoms with van der Waals surface area (Å²) < 4.78 is 4.65. The van der Waals surface area contributed by atoms with Crippen LogP contribution in [0.3, 0.4) is 0 Å². The molecule has 1 amide bonds. The summed E-state index contributed by atoms with van der Waals surface area (Å²) >= 11 is 0. The maximum atomic E-state index is 12.1. The van der Waals surface area contributed by atoms with E-state index in [1.54, 1.807) is 49.4 Å². The Balaban J connectivity index is 2.20. The number of carbonyl (C=O) groups is 2. The number of methoxy groups -OCH3 is 1. The van der Waals surface area contributed by atoms with Gasteiger partial charge in [-0.25, -0.2) is 4.79 Å². The van der Waals surface area contributed by atoms with Crippen molar-refractivity contribution < 1.29 is 14.3 Å². The molecule has 0 atom stereocenters. The number of rotatable bonds is 3. The van der Waals surface area contributed by atoms with Gasteiger partial charge in [-0.1, -0.05) is 6.07 Å². The molecule has 0 radical (unpaired) electrons. The third-order valence-corrected chi connectivity index (χ3v) is 3.04. The molecule has 0 saturated heterocycles. The molecule has 3 N–H and O–H groups in total. The number of amides is 1. The Kier molecular flexibility index (Phi) is 4.23. The minimum atomic E-state index is -0.410. The number of hydrogen-bond acceptors (Lipinski definition) is 4. The van der Waals surface area contributed by atoms with Gasteiger partial charge in [0.15, 0.2) is 0 Å². The van der Waals surface area contributed by atoms with Crippen LogP contribution in [0.4, 0.5) is 11.4 Å². The van der Waals surface area contributed by atoms with Crippen LogP contribution < -0.4 is 11.1 Å². The van der Waals surface area contributed by atoms with Crippen LogP contribution >= 0.6 is 0 Å². The summed E-state index contributed by atoms with van der Waals surface area (Å²) in [5.74, 6) is -0.664. The SMILES string of the molecule is COC(=O)c1ccc(NC(=O)c2cccc(N)c2)c(C)c1. The van der Waals surface area contributed by atoms with E-state index in [0.29, 0.717) is 22.5 Å². The average molecular weight is 284 g/mol. The van der Waals surface area contributed by atoms with Crippen molar-refractivity contribution in [2.45, 2.75) is 6.92 Å². The summed E-state index contributed by atoms with van der Waals surface area (Å²) in [6.45, 7) is 1.81. The molecule has 2 rings (SSSR count). The molecule has 0 unspecified atom stereocenters. The lowest BCUT2D eigenvalue weighted by Crippen LogP contribution is -2.13. The predicted octanol–water partition coefficient (Wildman–Crippen LogP) is 2.62. The summed E-state index contributed by atoms with van der Waals surface area (Å²) in [6, 6.07) is 11.7. The summed E-state index contributed by atoms with van der Waals surface area (Å²) in [6.07, 6.45) is 0. The summed E-state index contributed by atoms with van der Waals surface area (Å²) in [7, 11) is 1.33. The number of carbonyl (C=O) groups excluding carboxylic acids is 2. The first-order valence-corrected chi connectivity index (χ1v) is 6.37. The number of nitrogens with two attached hydrogens (primary N) is 1. The van der Waals surface area contributed by atoms with Gasteiger partial charge in [-0.2, -0.15) is 0 Å². The van der Waals surface area contributed by atoms with Gasteiger partial charge in [0.2, 0.25) is 0 Å². The minimum Gasteiger partial charge on any atom is -0.465 e. The second kappa shape index (κ2) is 6.09. The van der Waals surface area contributed by atoms with Gasteiger partial charge in [-0.15, -0.1) is 0 Å². The molecule has 0 heterocycles. The van der Waals surface area contributed by atoms with E-state index in [4.69, 9.17) is 5.73 Å². The Hall–Kier alpha value is -2.82. The Labute approximate surface area is 122 Å². The maximum Gasteiger partial charge on any atom is 0.337 e. The van der Waals surface area contributed by atoms with Gasteiger partial charge >= 0.3 is 5.97 Å². The van der Waals surface area contributed by atoms with E-state index in [1.165, 1.54) is 7.11 Å². The predicted molar refractivity (Wildman–Crippen MR) is 81.3 cm³/mol. The maximum absolute atomic E-state index is 12.1. The van der Waals surface area contributed by atoms with E-state index in [2.05, 4.69) is 10.1 Å². The highest BCUT2D eigenvalue weighted by Crippen LogP contribution is 2.18. The third kappa shape index (κ3) is 3.39. The number of anilines is 2. The zero-order valence-electron chi connectivity index (χ0n) is 11.8. The van der Waals surface area contributed by atoms with Crippen LogP contribution in [0.15, 0.2) is 42.5 Å². The van der Waals surface area contributed by atoms with Crippen LogP contribution in [-0.4, -0.2) is 19.0 Å². The van der Waals surface area contributed by atoms with E-state index in [1.807, 2.05) is 0 Å². The van der Waals surface area contributed by atoms with Crippen molar-refractivity contribution in [2.75, 3.05) is 18.2 Å². The molecule has 2 aromatic rings. The summed E-state index contributed by atoms with van der Waals surface area (Å²) in [5.41, 5.74) is 8.51. The van der Waals surface area contributed by atoms with E-state index in [0.717, 1.165) is 5.56 Å². The number of hydrogen-bond donors (Lipinski definition) is 2. The van der Waals surface area contributed by atoms with Gasteiger partial charge < -0.3 is 15.8 Å². The number of nitrogens with one attached hydrogen (secondary N) is 1. The first kappa shape index (κ1) is 14.6. The molecule has 0 aromatic heterocycles. The highest BCUT2D eigenvalue weighted by atomic mass is 16.5. The Morgan fingerprint density at radius 2 is 1.86 bits per heavy atom. The fourth-order valence-electron chi connectivity index (χ4n) is 1.92. The van der Waals surface area contributed by atoms with Crippen molar-refractivity contribution in [3.63, 3.8) is 0 Å². The number of benzene rings is 2. The largest absolute Gasteiger partial charge is 0.465 e. The van der Waals surface area contributed by atoms with Crippen molar-refractivity contribution in [3.05, 3.63) is 59.2 Å². The zero-order chi connectivity index (χ0) is 15.4. The molecule has 0 spiro atoms. The van der Waals surface area contributed by atoms with E-state index in [9.17, 15) is 9.59 Å². The fourth-order valence-corrected chi connectivity index (χ4v) is 1.92. The fraction of sp³-hybridized carbons (Fsp3) is 0.125. The molecule has 5 nitrogen and oxygen atoms in total. The Morgan fingerprint density at radius 3 is 2.48 bits per heavy atom. The van der Waals surface area contributed by atoms with Crippen LogP contribution in [0.25, 0.3) is 0 Å². The van der Waals surface area contributed by atoms with Gasteiger partial charge in [0.25, 0.3) is 5.91 Å². The van der Waals surface area contributed by atoms with Crippen LogP contribution in [0.2, 0.25) is 0 Å². The van der Waals surface area contributed by atoms with Gasteiger partial charge in [-0.05, 0) is 48.9 Å². The number of aryl methyl sites for hydroxylation is 1. The van der Waals surface area contributed by atoms with Crippen molar-refractivity contribution in [1.82, 2.24) is 0 Å². The van der Waals surface area contributed by atoms with Gasteiger partial charge in [0, 0.05) is 16.9 Å². The standard InChI is InChI=1S/C16H16N2O3/c1-10-8-12(16(20)21-2)6-7-14(10)18-15(19)11-4-3-5-13(17)9-11/h3-9H,17H2,1-2H3,(H,18,19). The first-order valence-electron chi connectivity index (χ1n) is 6.37. The molecule has 0 fully saturated rings. The van der Waals surface area contributed by atoms with Gasteiger partial charge in [0.05, 0.1) is 12.7 Å². The van der Waals surface area contributed by atoms with Crippen LogP contribution in [0.1, 0.15) is 26.3 Å². The molecule has 5 heteroatoms. The molecule has 0 saturated carbocycles. The molecule has 0 aliphatic carbocycles. The van der Waals surface area contributed by atoms with Gasteiger partial charge in [-0.3, -0.25) is 4.79 Å². The second-order valence-corrected chi connectivity index (χ2v) is 4.60. The van der Waals surface area contributed by atoms with Gasteiger partial charge in [0.1, 0.15) is 0 Å². The minimum absolute atomic E-state index is 0.254. The van der Waals surface area contributed by atoms with Crippen molar-refractivity contribution >= 4 is 23.3 Å². The van der Waals surface area contributed by atoms with Crippen molar-refractivity contribution in [2.24, 2.45) is 0 Å². The topological polar surface area (TPSA) is 81.4 Å². The molecule has 0 aliphatic heterocycles. The smallest absolute Gasteiger partial charge is 0.337 e. The normalized spacial score (nSPS) is 10.0. The molecule has 0 aliphatic rings. The lowest BCUT2D eigenvalue weighted by Gasteiger charge is -2.10. The highest BCUT2D eigenvalue weighted by molar-refractivity contribution is 6.05. The van der Waals surface area contributed by atoms with Crippen molar-refractivity contribution in [3.8, 4) is 0 Å². The molecule has 108 valence electrons. The monoisotopic (exact) mass is 284 g/mol. The zero-order valence-corrected chi connectivity index (χ0v) is 11.8. The number of ether oxygens (including phenoxy) is 1. The quantitative estimate of drug-likeness (QED) is 0.670. The second-order valence-electron chi connectivity index (χ2n) is 4.60. The summed E-state index contributed by atoms with van der Waals surface area (Å²) in [5, 5.41) is 2.79. The van der Waals surface area contributed by atoms with Crippen LogP contribution in [-0.2, 0) is 4.74 Å². The van der Waals surface area contributed by atoms with E-state index < -0.39 is 5.97 Å². The van der Waals surface area contributed by atoms with E-state index in [-0.39, 0.29) is 5.91 Å². The molecule has 21 heavy (non-hydrogen) atoms. The Bertz CT molecular complexity index is 696.